The highest BCUT2D eigenvalue weighted by Crippen LogP contribution is 2.23. The van der Waals surface area contributed by atoms with E-state index >= 15 is 0 Å². The second-order valence-electron chi connectivity index (χ2n) is 5.61. The summed E-state index contributed by atoms with van der Waals surface area (Å²) in [6.45, 7) is 6.29. The minimum atomic E-state index is -0.0186. The maximum absolute atomic E-state index is 12.8. The number of furan rings is 1. The van der Waals surface area contributed by atoms with Crippen molar-refractivity contribution in [1.29, 1.82) is 0 Å². The van der Waals surface area contributed by atoms with Crippen molar-refractivity contribution < 1.29 is 9.21 Å². The molecule has 5 nitrogen and oxygen atoms in total. The predicted molar refractivity (Wildman–Crippen MR) is 90.2 cm³/mol. The standard InChI is InChI=1S/C17H19N3O2S/c1-11-9-15(13(3)20(11)17-18-7-8-23-17)16(21)19(4)10-14-6-5-12(2)22-14/h5-9H,10H2,1-4H3. The molecule has 1 amide bonds. The average Bonchev–Trinajstić information content (AvgIpc) is 3.20. The SMILES string of the molecule is Cc1ccc(CN(C)C(=O)c2cc(C)n(-c3nccs3)c2C)o1. The molecule has 0 N–H and O–H groups in total. The molecule has 120 valence electrons. The molecule has 0 unspecified atom stereocenters. The van der Waals surface area contributed by atoms with E-state index in [1.54, 1.807) is 29.5 Å². The maximum Gasteiger partial charge on any atom is 0.255 e. The van der Waals surface area contributed by atoms with Crippen LogP contribution < -0.4 is 0 Å². The first-order chi connectivity index (χ1) is 11.0. The van der Waals surface area contributed by atoms with E-state index in [1.165, 1.54) is 0 Å². The Morgan fingerprint density at radius 2 is 2.13 bits per heavy atom. The van der Waals surface area contributed by atoms with E-state index in [0.717, 1.165) is 28.0 Å². The topological polar surface area (TPSA) is 51.3 Å². The molecule has 3 heterocycles. The molecule has 6 heteroatoms. The van der Waals surface area contributed by atoms with Crippen molar-refractivity contribution in [3.63, 3.8) is 0 Å². The first kappa shape index (κ1) is 15.6. The maximum atomic E-state index is 12.8. The smallest absolute Gasteiger partial charge is 0.255 e. The number of thiazole rings is 1. The molecule has 0 saturated heterocycles. The summed E-state index contributed by atoms with van der Waals surface area (Å²) in [6, 6.07) is 5.73. The van der Waals surface area contributed by atoms with Gasteiger partial charge in [0.2, 0.25) is 0 Å². The lowest BCUT2D eigenvalue weighted by Crippen LogP contribution is -2.26. The van der Waals surface area contributed by atoms with Crippen LogP contribution in [-0.2, 0) is 6.54 Å². The zero-order chi connectivity index (χ0) is 16.6. The molecule has 0 aromatic carbocycles. The molecule has 23 heavy (non-hydrogen) atoms. The van der Waals surface area contributed by atoms with Crippen molar-refractivity contribution in [2.45, 2.75) is 27.3 Å². The van der Waals surface area contributed by atoms with Crippen LogP contribution in [0.15, 0.2) is 34.2 Å². The van der Waals surface area contributed by atoms with Gasteiger partial charge in [-0.3, -0.25) is 9.36 Å². The van der Waals surface area contributed by atoms with Crippen molar-refractivity contribution in [2.75, 3.05) is 7.05 Å². The van der Waals surface area contributed by atoms with Gasteiger partial charge in [0.1, 0.15) is 11.5 Å². The Balaban J connectivity index is 1.86. The van der Waals surface area contributed by atoms with E-state index in [-0.39, 0.29) is 5.91 Å². The van der Waals surface area contributed by atoms with E-state index in [9.17, 15) is 4.79 Å². The van der Waals surface area contributed by atoms with E-state index < -0.39 is 0 Å². The third kappa shape index (κ3) is 2.94. The van der Waals surface area contributed by atoms with Crippen molar-refractivity contribution in [2.24, 2.45) is 0 Å². The molecule has 0 aliphatic carbocycles. The summed E-state index contributed by atoms with van der Waals surface area (Å²) in [5.41, 5.74) is 2.61. The number of nitrogens with zero attached hydrogens (tertiary/aromatic N) is 3. The number of hydrogen-bond acceptors (Lipinski definition) is 4. The van der Waals surface area contributed by atoms with Gasteiger partial charge >= 0.3 is 0 Å². The van der Waals surface area contributed by atoms with E-state index in [4.69, 9.17) is 4.42 Å². The summed E-state index contributed by atoms with van der Waals surface area (Å²) in [5, 5.41) is 2.81. The molecule has 0 spiro atoms. The van der Waals surface area contributed by atoms with Crippen LogP contribution in [0.3, 0.4) is 0 Å². The molecule has 0 fully saturated rings. The largest absolute Gasteiger partial charge is 0.464 e. The summed E-state index contributed by atoms with van der Waals surface area (Å²) in [6.07, 6.45) is 1.77. The molecule has 3 aromatic heterocycles. The molecule has 0 atom stereocenters. The molecule has 0 aliphatic rings. The van der Waals surface area contributed by atoms with Gasteiger partial charge in [0.15, 0.2) is 5.13 Å². The van der Waals surface area contributed by atoms with Crippen LogP contribution in [-0.4, -0.2) is 27.4 Å². The van der Waals surface area contributed by atoms with Crippen molar-refractivity contribution in [3.05, 3.63) is 58.2 Å². The summed E-state index contributed by atoms with van der Waals surface area (Å²) in [5.74, 6) is 1.62. The van der Waals surface area contributed by atoms with Gasteiger partial charge in [0, 0.05) is 30.0 Å². The number of rotatable bonds is 4. The van der Waals surface area contributed by atoms with Crippen LogP contribution in [0.2, 0.25) is 0 Å². The van der Waals surface area contributed by atoms with Crippen LogP contribution in [0.4, 0.5) is 0 Å². The Bertz CT molecular complexity index is 830. The Hall–Kier alpha value is -2.34. The molecular weight excluding hydrogens is 310 g/mol. The fourth-order valence-corrected chi connectivity index (χ4v) is 3.43. The first-order valence-electron chi connectivity index (χ1n) is 7.37. The number of carbonyl (C=O) groups excluding carboxylic acids is 1. The van der Waals surface area contributed by atoms with Gasteiger partial charge in [-0.15, -0.1) is 11.3 Å². The monoisotopic (exact) mass is 329 g/mol. The van der Waals surface area contributed by atoms with Gasteiger partial charge in [-0.05, 0) is 39.0 Å². The Morgan fingerprint density at radius 1 is 1.35 bits per heavy atom. The van der Waals surface area contributed by atoms with Gasteiger partial charge in [0.05, 0.1) is 12.1 Å². The van der Waals surface area contributed by atoms with Gasteiger partial charge in [0.25, 0.3) is 5.91 Å². The number of hydrogen-bond donors (Lipinski definition) is 0. The van der Waals surface area contributed by atoms with Gasteiger partial charge in [-0.25, -0.2) is 4.98 Å². The molecule has 3 aromatic rings. The van der Waals surface area contributed by atoms with Crippen LogP contribution in [0, 0.1) is 20.8 Å². The minimum Gasteiger partial charge on any atom is -0.464 e. The number of carbonyl (C=O) groups is 1. The third-order valence-corrected chi connectivity index (χ3v) is 4.56. The van der Waals surface area contributed by atoms with E-state index in [0.29, 0.717) is 12.1 Å². The van der Waals surface area contributed by atoms with E-state index in [1.807, 2.05) is 48.9 Å². The van der Waals surface area contributed by atoms with E-state index in [2.05, 4.69) is 4.98 Å². The van der Waals surface area contributed by atoms with Crippen molar-refractivity contribution in [1.82, 2.24) is 14.5 Å². The molecule has 3 rings (SSSR count). The fraction of sp³-hybridized carbons (Fsp3) is 0.294. The highest BCUT2D eigenvalue weighted by molar-refractivity contribution is 7.12. The zero-order valence-electron chi connectivity index (χ0n) is 13.7. The fourth-order valence-electron chi connectivity index (χ4n) is 2.68. The zero-order valence-corrected chi connectivity index (χ0v) is 14.5. The number of aromatic nitrogens is 2. The van der Waals surface area contributed by atoms with Gasteiger partial charge in [-0.2, -0.15) is 0 Å². The summed E-state index contributed by atoms with van der Waals surface area (Å²) in [4.78, 5) is 18.8. The average molecular weight is 329 g/mol. The normalized spacial score (nSPS) is 11.0. The number of amides is 1. The van der Waals surface area contributed by atoms with Crippen molar-refractivity contribution >= 4 is 17.2 Å². The van der Waals surface area contributed by atoms with Gasteiger partial charge < -0.3 is 9.32 Å². The molecule has 0 saturated carbocycles. The lowest BCUT2D eigenvalue weighted by molar-refractivity contribution is 0.0774. The Morgan fingerprint density at radius 3 is 2.74 bits per heavy atom. The molecule has 0 radical (unpaired) electrons. The summed E-state index contributed by atoms with van der Waals surface area (Å²) in [7, 11) is 1.79. The summed E-state index contributed by atoms with van der Waals surface area (Å²) < 4.78 is 7.57. The van der Waals surface area contributed by atoms with Crippen LogP contribution >= 0.6 is 11.3 Å². The highest BCUT2D eigenvalue weighted by atomic mass is 32.1. The van der Waals surface area contributed by atoms with Crippen LogP contribution in [0.25, 0.3) is 5.13 Å². The lowest BCUT2D eigenvalue weighted by Gasteiger charge is -2.16. The molecule has 0 bridgehead atoms. The van der Waals surface area contributed by atoms with Crippen molar-refractivity contribution in [3.8, 4) is 5.13 Å². The van der Waals surface area contributed by atoms with Crippen LogP contribution in [0.5, 0.6) is 0 Å². The summed E-state index contributed by atoms with van der Waals surface area (Å²) >= 11 is 1.56. The van der Waals surface area contributed by atoms with Gasteiger partial charge in [-0.1, -0.05) is 0 Å². The number of aryl methyl sites for hydroxylation is 2. The first-order valence-corrected chi connectivity index (χ1v) is 8.25. The third-order valence-electron chi connectivity index (χ3n) is 3.81. The van der Waals surface area contributed by atoms with Crippen LogP contribution in [0.1, 0.15) is 33.3 Å². The second-order valence-corrected chi connectivity index (χ2v) is 6.48. The molecular formula is C17H19N3O2S. The highest BCUT2D eigenvalue weighted by Gasteiger charge is 2.21. The quantitative estimate of drug-likeness (QED) is 0.733. The second kappa shape index (κ2) is 6.04. The predicted octanol–water partition coefficient (Wildman–Crippen LogP) is 3.72. The Labute approximate surface area is 139 Å². The molecule has 0 aliphatic heterocycles. The minimum absolute atomic E-state index is 0.0186. The Kier molecular flexibility index (Phi) is 4.09. The lowest BCUT2D eigenvalue weighted by atomic mass is 10.2.